The molecule has 0 aromatic carbocycles. The third kappa shape index (κ3) is 10.3. The number of methoxy groups -OCH3 is 1. The van der Waals surface area contributed by atoms with Crippen molar-refractivity contribution >= 4 is 11.8 Å². The minimum Gasteiger partial charge on any atom is -0.383 e. The fraction of sp³-hybridized carbons (Fsp3) is 1.00. The average molecular weight is 191 g/mol. The summed E-state index contributed by atoms with van der Waals surface area (Å²) in [5.41, 5.74) is 0. The molecule has 0 aromatic rings. The van der Waals surface area contributed by atoms with E-state index in [4.69, 9.17) is 4.74 Å². The summed E-state index contributed by atoms with van der Waals surface area (Å²) in [6.45, 7) is 7.38. The van der Waals surface area contributed by atoms with Crippen LogP contribution < -0.4 is 5.32 Å². The van der Waals surface area contributed by atoms with Crippen LogP contribution in [0.5, 0.6) is 0 Å². The predicted octanol–water partition coefficient (Wildman–Crippen LogP) is 1.75. The minimum absolute atomic E-state index is 0.768. The zero-order valence-electron chi connectivity index (χ0n) is 8.43. The third-order valence-electron chi connectivity index (χ3n) is 1.43. The Balaban J connectivity index is 2.82. The van der Waals surface area contributed by atoms with E-state index in [0.717, 1.165) is 24.9 Å². The van der Waals surface area contributed by atoms with Crippen molar-refractivity contribution in [3.8, 4) is 0 Å². The first-order valence-corrected chi connectivity index (χ1v) is 5.63. The molecule has 0 amide bonds. The Morgan fingerprint density at radius 3 is 2.67 bits per heavy atom. The highest BCUT2D eigenvalue weighted by Crippen LogP contribution is 2.09. The molecule has 74 valence electrons. The fourth-order valence-corrected chi connectivity index (χ4v) is 1.60. The molecule has 0 spiro atoms. The molecule has 0 bridgehead atoms. The van der Waals surface area contributed by atoms with Gasteiger partial charge in [-0.05, 0) is 24.0 Å². The van der Waals surface area contributed by atoms with Crippen molar-refractivity contribution < 1.29 is 4.74 Å². The van der Waals surface area contributed by atoms with Crippen molar-refractivity contribution in [2.45, 2.75) is 25.5 Å². The molecule has 0 atom stereocenters. The zero-order valence-corrected chi connectivity index (χ0v) is 9.25. The first-order chi connectivity index (χ1) is 5.77. The van der Waals surface area contributed by atoms with Crippen LogP contribution in [0.2, 0.25) is 0 Å². The Hall–Kier alpha value is 0.270. The molecule has 0 aromatic heterocycles. The Bertz CT molecular complexity index is 88.6. The van der Waals surface area contributed by atoms with E-state index in [9.17, 15) is 0 Å². The summed E-state index contributed by atoms with van der Waals surface area (Å²) in [4.78, 5) is 0. The van der Waals surface area contributed by atoms with Gasteiger partial charge < -0.3 is 10.1 Å². The summed E-state index contributed by atoms with van der Waals surface area (Å²) in [5.74, 6) is 1.26. The number of nitrogens with one attached hydrogen (secondary N) is 1. The second kappa shape index (κ2) is 9.36. The van der Waals surface area contributed by atoms with E-state index >= 15 is 0 Å². The van der Waals surface area contributed by atoms with E-state index in [1.54, 1.807) is 7.11 Å². The number of hydrogen-bond donors (Lipinski definition) is 1. The van der Waals surface area contributed by atoms with Crippen LogP contribution >= 0.6 is 11.8 Å². The lowest BCUT2D eigenvalue weighted by Gasteiger charge is -2.05. The third-order valence-corrected chi connectivity index (χ3v) is 2.62. The molecular formula is C9H21NOS. The predicted molar refractivity (Wildman–Crippen MR) is 57.0 cm³/mol. The maximum Gasteiger partial charge on any atom is 0.0587 e. The monoisotopic (exact) mass is 191 g/mol. The van der Waals surface area contributed by atoms with E-state index in [-0.39, 0.29) is 0 Å². The number of rotatable bonds is 8. The summed E-state index contributed by atoms with van der Waals surface area (Å²) in [5, 5.41) is 4.09. The number of hydrogen-bond acceptors (Lipinski definition) is 3. The highest BCUT2D eigenvalue weighted by Gasteiger charge is 1.93. The zero-order chi connectivity index (χ0) is 9.23. The Labute approximate surface area is 80.4 Å². The Morgan fingerprint density at radius 1 is 1.33 bits per heavy atom. The Kier molecular flexibility index (Phi) is 9.57. The summed E-state index contributed by atoms with van der Waals surface area (Å²) in [6.07, 6.45) is 1.26. The molecule has 0 unspecified atom stereocenters. The average Bonchev–Trinajstić information content (AvgIpc) is 2.02. The molecular weight excluding hydrogens is 170 g/mol. The van der Waals surface area contributed by atoms with Gasteiger partial charge in [0.05, 0.1) is 6.61 Å². The first kappa shape index (κ1) is 12.3. The summed E-state index contributed by atoms with van der Waals surface area (Å²) >= 11 is 2.02. The van der Waals surface area contributed by atoms with Gasteiger partial charge in [0.2, 0.25) is 0 Å². The molecule has 0 saturated heterocycles. The molecule has 0 heterocycles. The van der Waals surface area contributed by atoms with Gasteiger partial charge in [0.15, 0.2) is 0 Å². The molecule has 2 nitrogen and oxygen atoms in total. The van der Waals surface area contributed by atoms with E-state index in [1.165, 1.54) is 12.2 Å². The standard InChI is InChI=1S/C9H21NOS/c1-9(2)12-8-4-5-10-6-7-11-3/h9-10H,4-8H2,1-3H3. The molecule has 0 rings (SSSR count). The maximum absolute atomic E-state index is 4.92. The SMILES string of the molecule is COCCNCCCSC(C)C. The smallest absolute Gasteiger partial charge is 0.0587 e. The molecule has 3 heteroatoms. The highest BCUT2D eigenvalue weighted by atomic mass is 32.2. The quantitative estimate of drug-likeness (QED) is 0.591. The van der Waals surface area contributed by atoms with Gasteiger partial charge >= 0.3 is 0 Å². The molecule has 0 radical (unpaired) electrons. The highest BCUT2D eigenvalue weighted by molar-refractivity contribution is 7.99. The van der Waals surface area contributed by atoms with Gasteiger partial charge in [-0.2, -0.15) is 11.8 Å². The van der Waals surface area contributed by atoms with Crippen LogP contribution in [-0.2, 0) is 4.74 Å². The second-order valence-corrected chi connectivity index (χ2v) is 4.70. The van der Waals surface area contributed by atoms with Crippen LogP contribution in [0, 0.1) is 0 Å². The lowest BCUT2D eigenvalue weighted by atomic mass is 10.5. The second-order valence-electron chi connectivity index (χ2n) is 3.02. The molecule has 0 aliphatic carbocycles. The minimum atomic E-state index is 0.768. The van der Waals surface area contributed by atoms with Gasteiger partial charge in [0, 0.05) is 13.7 Å². The lowest BCUT2D eigenvalue weighted by molar-refractivity contribution is 0.199. The van der Waals surface area contributed by atoms with Gasteiger partial charge in [0.25, 0.3) is 0 Å². The molecule has 0 aliphatic rings. The van der Waals surface area contributed by atoms with E-state index in [2.05, 4.69) is 19.2 Å². The van der Waals surface area contributed by atoms with E-state index < -0.39 is 0 Å². The maximum atomic E-state index is 4.92. The molecule has 1 N–H and O–H groups in total. The lowest BCUT2D eigenvalue weighted by Crippen LogP contribution is -2.20. The van der Waals surface area contributed by atoms with Gasteiger partial charge in [-0.1, -0.05) is 13.8 Å². The topological polar surface area (TPSA) is 21.3 Å². The van der Waals surface area contributed by atoms with Crippen LogP contribution in [0.3, 0.4) is 0 Å². The number of ether oxygens (including phenoxy) is 1. The van der Waals surface area contributed by atoms with Crippen LogP contribution in [0.25, 0.3) is 0 Å². The summed E-state index contributed by atoms with van der Waals surface area (Å²) < 4.78 is 4.92. The summed E-state index contributed by atoms with van der Waals surface area (Å²) in [6, 6.07) is 0. The Morgan fingerprint density at radius 2 is 2.08 bits per heavy atom. The van der Waals surface area contributed by atoms with Crippen LogP contribution in [0.4, 0.5) is 0 Å². The molecule has 0 fully saturated rings. The van der Waals surface area contributed by atoms with Crippen molar-refractivity contribution in [3.63, 3.8) is 0 Å². The van der Waals surface area contributed by atoms with Crippen molar-refractivity contribution in [1.29, 1.82) is 0 Å². The van der Waals surface area contributed by atoms with Crippen molar-refractivity contribution in [2.24, 2.45) is 0 Å². The van der Waals surface area contributed by atoms with Gasteiger partial charge in [0.1, 0.15) is 0 Å². The van der Waals surface area contributed by atoms with Crippen molar-refractivity contribution in [2.75, 3.05) is 32.6 Å². The molecule has 12 heavy (non-hydrogen) atoms. The normalized spacial score (nSPS) is 11.0. The van der Waals surface area contributed by atoms with E-state index in [0.29, 0.717) is 0 Å². The van der Waals surface area contributed by atoms with Gasteiger partial charge in [-0.25, -0.2) is 0 Å². The fourth-order valence-electron chi connectivity index (χ4n) is 0.815. The van der Waals surface area contributed by atoms with E-state index in [1.807, 2.05) is 11.8 Å². The molecule has 0 aliphatic heterocycles. The first-order valence-electron chi connectivity index (χ1n) is 4.58. The van der Waals surface area contributed by atoms with Gasteiger partial charge in [-0.3, -0.25) is 0 Å². The summed E-state index contributed by atoms with van der Waals surface area (Å²) in [7, 11) is 1.73. The van der Waals surface area contributed by atoms with Crippen LogP contribution in [0.1, 0.15) is 20.3 Å². The van der Waals surface area contributed by atoms with Crippen LogP contribution in [-0.4, -0.2) is 37.8 Å². The number of thioether (sulfide) groups is 1. The van der Waals surface area contributed by atoms with Crippen LogP contribution in [0.15, 0.2) is 0 Å². The van der Waals surface area contributed by atoms with Crippen molar-refractivity contribution in [1.82, 2.24) is 5.32 Å². The van der Waals surface area contributed by atoms with Crippen molar-refractivity contribution in [3.05, 3.63) is 0 Å². The molecule has 0 saturated carbocycles. The van der Waals surface area contributed by atoms with Gasteiger partial charge in [-0.15, -0.1) is 0 Å². The largest absolute Gasteiger partial charge is 0.383 e.